The SMILES string of the molecule is C=C[C@H](O)[C@H](CCCO[Si](C)(C)C(C)(C)C)OCOCCOC. The smallest absolute Gasteiger partial charge is 0.191 e. The number of rotatable bonds is 13. The third-order valence-corrected chi connectivity index (χ3v) is 8.86. The normalized spacial score (nSPS) is 15.4. The van der Waals surface area contributed by atoms with Gasteiger partial charge in [-0.2, -0.15) is 0 Å². The van der Waals surface area contributed by atoms with Gasteiger partial charge in [0.1, 0.15) is 6.79 Å². The van der Waals surface area contributed by atoms with E-state index in [-0.39, 0.29) is 17.9 Å². The Morgan fingerprint density at radius 2 is 1.83 bits per heavy atom. The second kappa shape index (κ2) is 11.3. The fraction of sp³-hybridized carbons (Fsp3) is 0.882. The van der Waals surface area contributed by atoms with Gasteiger partial charge in [0.2, 0.25) is 0 Å². The maximum Gasteiger partial charge on any atom is 0.191 e. The second-order valence-corrected chi connectivity index (χ2v) is 12.0. The van der Waals surface area contributed by atoms with Crippen LogP contribution in [0.2, 0.25) is 18.1 Å². The Kier molecular flexibility index (Phi) is 11.2. The third-order valence-electron chi connectivity index (χ3n) is 4.32. The molecule has 0 aromatic heterocycles. The fourth-order valence-electron chi connectivity index (χ4n) is 1.67. The van der Waals surface area contributed by atoms with Crippen LogP contribution < -0.4 is 0 Å². The lowest BCUT2D eigenvalue weighted by Crippen LogP contribution is -2.41. The highest BCUT2D eigenvalue weighted by Crippen LogP contribution is 2.36. The largest absolute Gasteiger partial charge is 0.417 e. The van der Waals surface area contributed by atoms with Crippen molar-refractivity contribution in [1.29, 1.82) is 0 Å². The van der Waals surface area contributed by atoms with Gasteiger partial charge in [0.05, 0.1) is 25.4 Å². The van der Waals surface area contributed by atoms with Crippen LogP contribution in [0.25, 0.3) is 0 Å². The maximum atomic E-state index is 9.95. The molecule has 0 rings (SSSR count). The molecule has 0 aromatic rings. The summed E-state index contributed by atoms with van der Waals surface area (Å²) < 4.78 is 21.9. The highest BCUT2D eigenvalue weighted by atomic mass is 28.4. The van der Waals surface area contributed by atoms with Gasteiger partial charge in [0.25, 0.3) is 0 Å². The van der Waals surface area contributed by atoms with E-state index < -0.39 is 14.4 Å². The van der Waals surface area contributed by atoms with Crippen molar-refractivity contribution in [3.8, 4) is 0 Å². The first-order valence-electron chi connectivity index (χ1n) is 8.28. The van der Waals surface area contributed by atoms with Crippen LogP contribution in [0.4, 0.5) is 0 Å². The lowest BCUT2D eigenvalue weighted by molar-refractivity contribution is -0.123. The maximum absolute atomic E-state index is 9.95. The standard InChI is InChI=1S/C17H36O5Si/c1-8-15(18)16(21-14-20-13-12-19-5)10-9-11-22-23(6,7)17(2,3)4/h8,15-16,18H,1,9-14H2,2-7H3/t15-,16-/m0/s1. The molecule has 0 bridgehead atoms. The topological polar surface area (TPSA) is 57.2 Å². The number of aliphatic hydroxyl groups is 1. The van der Waals surface area contributed by atoms with Crippen LogP contribution in [0, 0.1) is 0 Å². The predicted octanol–water partition coefficient (Wildman–Crippen LogP) is 3.34. The summed E-state index contributed by atoms with van der Waals surface area (Å²) in [5, 5.41) is 10.2. The van der Waals surface area contributed by atoms with Crippen molar-refractivity contribution in [2.45, 2.75) is 64.0 Å². The van der Waals surface area contributed by atoms with Crippen LogP contribution in [0.3, 0.4) is 0 Å². The Morgan fingerprint density at radius 1 is 1.17 bits per heavy atom. The molecule has 0 radical (unpaired) electrons. The number of hydrogen-bond donors (Lipinski definition) is 1. The molecule has 23 heavy (non-hydrogen) atoms. The molecule has 0 spiro atoms. The molecule has 2 atom stereocenters. The highest BCUT2D eigenvalue weighted by Gasteiger charge is 2.36. The Bertz CT molecular complexity index is 315. The summed E-state index contributed by atoms with van der Waals surface area (Å²) in [6.45, 7) is 16.6. The minimum Gasteiger partial charge on any atom is -0.417 e. The highest BCUT2D eigenvalue weighted by molar-refractivity contribution is 6.74. The van der Waals surface area contributed by atoms with Gasteiger partial charge >= 0.3 is 0 Å². The van der Waals surface area contributed by atoms with Crippen molar-refractivity contribution >= 4 is 8.32 Å². The number of aliphatic hydroxyl groups excluding tert-OH is 1. The van der Waals surface area contributed by atoms with E-state index in [0.29, 0.717) is 26.2 Å². The Labute approximate surface area is 143 Å². The quantitative estimate of drug-likeness (QED) is 0.239. The van der Waals surface area contributed by atoms with Crippen LogP contribution >= 0.6 is 0 Å². The van der Waals surface area contributed by atoms with Gasteiger partial charge in [-0.05, 0) is 31.0 Å². The molecule has 0 aromatic carbocycles. The summed E-state index contributed by atoms with van der Waals surface area (Å²) in [4.78, 5) is 0. The molecular formula is C17H36O5Si. The van der Waals surface area contributed by atoms with Crippen LogP contribution in [-0.2, 0) is 18.6 Å². The molecule has 0 unspecified atom stereocenters. The first-order valence-corrected chi connectivity index (χ1v) is 11.2. The van der Waals surface area contributed by atoms with E-state index in [1.807, 2.05) is 0 Å². The molecule has 0 heterocycles. The first kappa shape index (κ1) is 22.8. The Hall–Kier alpha value is -0.243. The average Bonchev–Trinajstić information content (AvgIpc) is 2.47. The Morgan fingerprint density at radius 3 is 2.35 bits per heavy atom. The van der Waals surface area contributed by atoms with Gasteiger partial charge in [-0.1, -0.05) is 26.8 Å². The van der Waals surface area contributed by atoms with E-state index in [1.54, 1.807) is 7.11 Å². The molecule has 0 aliphatic carbocycles. The molecule has 6 heteroatoms. The van der Waals surface area contributed by atoms with Crippen molar-refractivity contribution in [3.05, 3.63) is 12.7 Å². The molecule has 0 fully saturated rings. The number of hydrogen-bond acceptors (Lipinski definition) is 5. The lowest BCUT2D eigenvalue weighted by atomic mass is 10.1. The second-order valence-electron chi connectivity index (χ2n) is 7.20. The summed E-state index contributed by atoms with van der Waals surface area (Å²) in [5.74, 6) is 0. The van der Waals surface area contributed by atoms with Gasteiger partial charge in [0, 0.05) is 13.7 Å². The Balaban J connectivity index is 4.13. The van der Waals surface area contributed by atoms with Crippen LogP contribution in [0.1, 0.15) is 33.6 Å². The number of methoxy groups -OCH3 is 1. The van der Waals surface area contributed by atoms with E-state index in [0.717, 1.165) is 6.42 Å². The van der Waals surface area contributed by atoms with Gasteiger partial charge in [-0.25, -0.2) is 0 Å². The van der Waals surface area contributed by atoms with Gasteiger partial charge in [-0.15, -0.1) is 6.58 Å². The zero-order valence-corrected chi connectivity index (χ0v) is 16.8. The van der Waals surface area contributed by atoms with Crippen molar-refractivity contribution in [1.82, 2.24) is 0 Å². The molecule has 5 nitrogen and oxygen atoms in total. The van der Waals surface area contributed by atoms with E-state index in [1.165, 1.54) is 6.08 Å². The monoisotopic (exact) mass is 348 g/mol. The molecule has 0 aliphatic rings. The molecule has 0 saturated carbocycles. The van der Waals surface area contributed by atoms with Crippen molar-refractivity contribution in [2.24, 2.45) is 0 Å². The molecular weight excluding hydrogens is 312 g/mol. The fourth-order valence-corrected chi connectivity index (χ4v) is 2.76. The van der Waals surface area contributed by atoms with Gasteiger partial charge in [0.15, 0.2) is 8.32 Å². The third kappa shape index (κ3) is 9.59. The summed E-state index contributed by atoms with van der Waals surface area (Å²) in [6, 6.07) is 0. The number of ether oxygens (including phenoxy) is 3. The summed E-state index contributed by atoms with van der Waals surface area (Å²) in [6.07, 6.45) is 2.01. The van der Waals surface area contributed by atoms with E-state index in [2.05, 4.69) is 40.4 Å². The summed E-state index contributed by atoms with van der Waals surface area (Å²) in [5.41, 5.74) is 0. The average molecular weight is 349 g/mol. The summed E-state index contributed by atoms with van der Waals surface area (Å²) in [7, 11) is -0.0929. The molecule has 0 saturated heterocycles. The molecule has 138 valence electrons. The zero-order valence-electron chi connectivity index (χ0n) is 15.8. The minimum atomic E-state index is -1.71. The van der Waals surface area contributed by atoms with Gasteiger partial charge in [-0.3, -0.25) is 0 Å². The van der Waals surface area contributed by atoms with Gasteiger partial charge < -0.3 is 23.7 Å². The molecule has 0 amide bonds. The van der Waals surface area contributed by atoms with Crippen molar-refractivity contribution in [2.75, 3.05) is 33.7 Å². The van der Waals surface area contributed by atoms with Crippen molar-refractivity contribution in [3.63, 3.8) is 0 Å². The molecule has 1 N–H and O–H groups in total. The summed E-state index contributed by atoms with van der Waals surface area (Å²) >= 11 is 0. The van der Waals surface area contributed by atoms with E-state index >= 15 is 0 Å². The minimum absolute atomic E-state index is 0.141. The zero-order chi connectivity index (χ0) is 17.9. The molecule has 0 aliphatic heterocycles. The predicted molar refractivity (Wildman–Crippen MR) is 96.2 cm³/mol. The van der Waals surface area contributed by atoms with Crippen molar-refractivity contribution < 1.29 is 23.7 Å². The van der Waals surface area contributed by atoms with Crippen LogP contribution in [0.15, 0.2) is 12.7 Å². The van der Waals surface area contributed by atoms with E-state index in [4.69, 9.17) is 18.6 Å². The van der Waals surface area contributed by atoms with Crippen LogP contribution in [0.5, 0.6) is 0 Å². The lowest BCUT2D eigenvalue weighted by Gasteiger charge is -2.36. The van der Waals surface area contributed by atoms with Crippen LogP contribution in [-0.4, -0.2) is 59.4 Å². The van der Waals surface area contributed by atoms with E-state index in [9.17, 15) is 5.11 Å². The first-order chi connectivity index (χ1) is 10.7.